The molecule has 1 saturated carbocycles. The number of rotatable bonds is 4. The van der Waals surface area contributed by atoms with Crippen molar-refractivity contribution < 1.29 is 9.47 Å². The zero-order chi connectivity index (χ0) is 15.8. The second-order valence-electron chi connectivity index (χ2n) is 7.49. The van der Waals surface area contributed by atoms with E-state index in [1.807, 2.05) is 0 Å². The minimum Gasteiger partial charge on any atom is -0.492 e. The molecule has 4 heteroatoms. The molecule has 0 unspecified atom stereocenters. The first-order chi connectivity index (χ1) is 11.2. The molecule has 0 amide bonds. The quantitative estimate of drug-likeness (QED) is 0.790. The lowest BCUT2D eigenvalue weighted by Crippen LogP contribution is -2.33. The number of hydrogen-bond donors (Lipinski definition) is 0. The van der Waals surface area contributed by atoms with Gasteiger partial charge in [0.15, 0.2) is 0 Å². The minimum atomic E-state index is 0. The molecule has 0 aromatic heterocycles. The van der Waals surface area contributed by atoms with Crippen LogP contribution in [0.4, 0.5) is 0 Å². The van der Waals surface area contributed by atoms with Gasteiger partial charge in [-0.05, 0) is 76.2 Å². The lowest BCUT2D eigenvalue weighted by molar-refractivity contribution is 0.183. The van der Waals surface area contributed by atoms with Gasteiger partial charge in [-0.1, -0.05) is 6.42 Å². The van der Waals surface area contributed by atoms with Gasteiger partial charge in [-0.25, -0.2) is 0 Å². The number of piperidine rings is 1. The molecule has 134 valence electrons. The monoisotopic (exact) mass is 351 g/mol. The Bertz CT molecular complexity index is 583. The van der Waals surface area contributed by atoms with Crippen LogP contribution < -0.4 is 9.47 Å². The van der Waals surface area contributed by atoms with Gasteiger partial charge in [0.05, 0.1) is 0 Å². The first-order valence-electron chi connectivity index (χ1n) is 9.40. The summed E-state index contributed by atoms with van der Waals surface area (Å²) in [6, 6.07) is 2.28. The van der Waals surface area contributed by atoms with Crippen LogP contribution in [0.25, 0.3) is 0 Å². The lowest BCUT2D eigenvalue weighted by atomic mass is 9.94. The average molecular weight is 352 g/mol. The SMILES string of the molecule is Cc1c(OCCN2CCCCC2)cc2c(c1C)O[C@H]1CCC[C@@H]21.Cl. The number of nitrogens with zero attached hydrogens (tertiary/aromatic N) is 1. The highest BCUT2D eigenvalue weighted by atomic mass is 35.5. The van der Waals surface area contributed by atoms with E-state index in [1.165, 1.54) is 68.3 Å². The van der Waals surface area contributed by atoms with Crippen LogP contribution in [0, 0.1) is 13.8 Å². The molecule has 0 bridgehead atoms. The van der Waals surface area contributed by atoms with E-state index in [1.54, 1.807) is 0 Å². The molecular weight excluding hydrogens is 322 g/mol. The molecule has 2 fully saturated rings. The Morgan fingerprint density at radius 2 is 1.88 bits per heavy atom. The van der Waals surface area contributed by atoms with Gasteiger partial charge in [0.25, 0.3) is 0 Å². The lowest BCUT2D eigenvalue weighted by Gasteiger charge is -2.26. The summed E-state index contributed by atoms with van der Waals surface area (Å²) in [6.45, 7) is 8.69. The van der Waals surface area contributed by atoms with Crippen molar-refractivity contribution in [3.63, 3.8) is 0 Å². The second-order valence-corrected chi connectivity index (χ2v) is 7.49. The molecule has 2 heterocycles. The van der Waals surface area contributed by atoms with E-state index in [0.717, 1.165) is 24.7 Å². The third-order valence-corrected chi connectivity index (χ3v) is 6.06. The van der Waals surface area contributed by atoms with E-state index >= 15 is 0 Å². The Labute approximate surface area is 152 Å². The van der Waals surface area contributed by atoms with Gasteiger partial charge in [-0.2, -0.15) is 0 Å². The zero-order valence-electron chi connectivity index (χ0n) is 15.0. The van der Waals surface area contributed by atoms with Crippen molar-refractivity contribution in [2.45, 2.75) is 64.4 Å². The molecule has 1 aromatic rings. The van der Waals surface area contributed by atoms with Crippen LogP contribution in [-0.2, 0) is 0 Å². The van der Waals surface area contributed by atoms with E-state index in [4.69, 9.17) is 9.47 Å². The Kier molecular flexibility index (Phi) is 5.61. The van der Waals surface area contributed by atoms with Crippen LogP contribution in [0.5, 0.6) is 11.5 Å². The molecule has 3 nitrogen and oxygen atoms in total. The maximum atomic E-state index is 6.23. The van der Waals surface area contributed by atoms with Crippen LogP contribution in [0.2, 0.25) is 0 Å². The molecule has 2 atom stereocenters. The number of ether oxygens (including phenoxy) is 2. The van der Waals surface area contributed by atoms with Crippen LogP contribution >= 0.6 is 12.4 Å². The van der Waals surface area contributed by atoms with Gasteiger partial charge in [0, 0.05) is 18.0 Å². The fraction of sp³-hybridized carbons (Fsp3) is 0.700. The van der Waals surface area contributed by atoms with Gasteiger partial charge in [0.1, 0.15) is 24.2 Å². The first-order valence-corrected chi connectivity index (χ1v) is 9.40. The molecule has 0 radical (unpaired) electrons. The van der Waals surface area contributed by atoms with E-state index in [9.17, 15) is 0 Å². The highest BCUT2D eigenvalue weighted by molar-refractivity contribution is 5.85. The Morgan fingerprint density at radius 3 is 2.67 bits per heavy atom. The van der Waals surface area contributed by atoms with E-state index in [-0.39, 0.29) is 12.4 Å². The van der Waals surface area contributed by atoms with E-state index in [0.29, 0.717) is 12.0 Å². The number of fused-ring (bicyclic) bond motifs is 3. The molecule has 0 N–H and O–H groups in total. The van der Waals surface area contributed by atoms with E-state index in [2.05, 4.69) is 24.8 Å². The molecular formula is C20H30ClNO2. The molecule has 24 heavy (non-hydrogen) atoms. The van der Waals surface area contributed by atoms with Crippen molar-refractivity contribution in [1.82, 2.24) is 4.90 Å². The summed E-state index contributed by atoms with van der Waals surface area (Å²) < 4.78 is 12.4. The summed E-state index contributed by atoms with van der Waals surface area (Å²) in [6.07, 6.45) is 8.29. The largest absolute Gasteiger partial charge is 0.492 e. The normalized spacial score (nSPS) is 25.6. The van der Waals surface area contributed by atoms with E-state index < -0.39 is 0 Å². The number of halogens is 1. The van der Waals surface area contributed by atoms with Crippen molar-refractivity contribution in [3.8, 4) is 11.5 Å². The molecule has 0 spiro atoms. The number of benzene rings is 1. The average Bonchev–Trinajstić information content (AvgIpc) is 3.15. The Balaban J connectivity index is 0.00000169. The molecule has 4 rings (SSSR count). The summed E-state index contributed by atoms with van der Waals surface area (Å²) in [5.41, 5.74) is 3.94. The summed E-state index contributed by atoms with van der Waals surface area (Å²) in [5, 5.41) is 0. The fourth-order valence-corrected chi connectivity index (χ4v) is 4.51. The van der Waals surface area contributed by atoms with Gasteiger partial charge in [-0.3, -0.25) is 4.90 Å². The maximum Gasteiger partial charge on any atom is 0.126 e. The Hall–Kier alpha value is -0.930. The van der Waals surface area contributed by atoms with Crippen molar-refractivity contribution in [2.24, 2.45) is 0 Å². The van der Waals surface area contributed by atoms with Crippen molar-refractivity contribution in [3.05, 3.63) is 22.8 Å². The van der Waals surface area contributed by atoms with Gasteiger partial charge in [0.2, 0.25) is 0 Å². The fourth-order valence-electron chi connectivity index (χ4n) is 4.51. The number of hydrogen-bond acceptors (Lipinski definition) is 3. The van der Waals surface area contributed by atoms with Crippen molar-refractivity contribution in [2.75, 3.05) is 26.2 Å². The second kappa shape index (κ2) is 7.53. The predicted molar refractivity (Wildman–Crippen MR) is 100.0 cm³/mol. The first kappa shape index (κ1) is 17.9. The van der Waals surface area contributed by atoms with Crippen LogP contribution in [-0.4, -0.2) is 37.2 Å². The molecule has 2 aliphatic heterocycles. The number of likely N-dealkylation sites (tertiary alicyclic amines) is 1. The third-order valence-electron chi connectivity index (χ3n) is 6.06. The summed E-state index contributed by atoms with van der Waals surface area (Å²) in [7, 11) is 0. The van der Waals surface area contributed by atoms with Gasteiger partial charge < -0.3 is 9.47 Å². The third kappa shape index (κ3) is 3.25. The molecule has 3 aliphatic rings. The zero-order valence-corrected chi connectivity index (χ0v) is 15.8. The molecule has 1 aliphatic carbocycles. The van der Waals surface area contributed by atoms with Crippen LogP contribution in [0.3, 0.4) is 0 Å². The van der Waals surface area contributed by atoms with Crippen molar-refractivity contribution in [1.29, 1.82) is 0 Å². The summed E-state index contributed by atoms with van der Waals surface area (Å²) in [5.74, 6) is 2.84. The van der Waals surface area contributed by atoms with Crippen LogP contribution in [0.15, 0.2) is 6.07 Å². The topological polar surface area (TPSA) is 21.7 Å². The highest BCUT2D eigenvalue weighted by Crippen LogP contribution is 2.50. The maximum absolute atomic E-state index is 6.23. The van der Waals surface area contributed by atoms with Gasteiger partial charge in [-0.15, -0.1) is 12.4 Å². The summed E-state index contributed by atoms with van der Waals surface area (Å²) >= 11 is 0. The standard InChI is InChI=1S/C20H29NO2.ClH/c1-14-15(2)20-17(16-7-6-8-18(16)23-20)13-19(14)22-12-11-21-9-4-3-5-10-21;/h13,16,18H,3-12H2,1-2H3;1H/t16-,18-;/m0./s1. The smallest absolute Gasteiger partial charge is 0.126 e. The Morgan fingerprint density at radius 1 is 1.08 bits per heavy atom. The highest BCUT2D eigenvalue weighted by Gasteiger charge is 2.39. The predicted octanol–water partition coefficient (Wildman–Crippen LogP) is 4.62. The van der Waals surface area contributed by atoms with Crippen molar-refractivity contribution >= 4 is 12.4 Å². The molecule has 1 aromatic carbocycles. The van der Waals surface area contributed by atoms with Crippen LogP contribution in [0.1, 0.15) is 61.1 Å². The summed E-state index contributed by atoms with van der Waals surface area (Å²) in [4.78, 5) is 2.54. The van der Waals surface area contributed by atoms with Gasteiger partial charge >= 0.3 is 0 Å². The molecule has 1 saturated heterocycles. The minimum absolute atomic E-state index is 0.